The monoisotopic (exact) mass is 776 g/mol. The minimum atomic E-state index is 0.358. The van der Waals surface area contributed by atoms with Crippen LogP contribution in [0.25, 0.3) is 126 Å². The van der Waals surface area contributed by atoms with Gasteiger partial charge in [0.15, 0.2) is 0 Å². The number of nitrogens with zero attached hydrogens (tertiary/aromatic N) is 6. The summed E-state index contributed by atoms with van der Waals surface area (Å²) in [5, 5.41) is 22.1. The van der Waals surface area contributed by atoms with Crippen molar-refractivity contribution in [1.29, 1.82) is 5.26 Å². The molecule has 7 nitrogen and oxygen atoms in total. The Morgan fingerprint density at radius 3 is 1.67 bits per heavy atom. The van der Waals surface area contributed by atoms with Gasteiger partial charge in [0, 0.05) is 72.7 Å². The molecule has 13 aromatic rings. The van der Waals surface area contributed by atoms with E-state index in [1.807, 2.05) is 97.6 Å². The molecular weight excluding hydrogens is 749 g/mol. The van der Waals surface area contributed by atoms with Crippen molar-refractivity contribution in [3.05, 3.63) is 187 Å². The van der Waals surface area contributed by atoms with E-state index in [4.69, 9.17) is 21.0 Å². The van der Waals surface area contributed by atoms with Crippen molar-refractivity contribution in [3.8, 4) is 39.7 Å². The van der Waals surface area contributed by atoms with E-state index in [0.717, 1.165) is 104 Å². The van der Waals surface area contributed by atoms with Crippen molar-refractivity contribution in [2.75, 3.05) is 0 Å². The average molecular weight is 777 g/mol. The lowest BCUT2D eigenvalue weighted by Gasteiger charge is -2.25. The zero-order chi connectivity index (χ0) is 40.3. The van der Waals surface area contributed by atoms with Crippen molar-refractivity contribution in [2.45, 2.75) is 0 Å². The van der Waals surface area contributed by atoms with Crippen LogP contribution < -0.4 is 0 Å². The quantitative estimate of drug-likeness (QED) is 0.132. The summed E-state index contributed by atoms with van der Waals surface area (Å²) in [6, 6.07) is 51.9. The van der Waals surface area contributed by atoms with Crippen LogP contribution in [0.2, 0.25) is 0 Å². The molecule has 0 radical (unpaired) electrons. The lowest BCUT2D eigenvalue weighted by atomic mass is 9.88. The third kappa shape index (κ3) is 4.38. The van der Waals surface area contributed by atoms with Gasteiger partial charge in [-0.1, -0.05) is 121 Å². The highest BCUT2D eigenvalue weighted by atomic mass is 16.3. The molecule has 5 heterocycles. The van der Waals surface area contributed by atoms with Crippen LogP contribution >= 0.6 is 0 Å². The van der Waals surface area contributed by atoms with Crippen molar-refractivity contribution in [3.63, 3.8) is 0 Å². The maximum atomic E-state index is 11.7. The molecule has 0 atom stereocenters. The third-order valence-electron chi connectivity index (χ3n) is 12.5. The molecular formula is C54H28N6O. The highest BCUT2D eigenvalue weighted by Crippen LogP contribution is 2.53. The second kappa shape index (κ2) is 12.4. The first-order valence-electron chi connectivity index (χ1n) is 20.1. The van der Waals surface area contributed by atoms with Crippen LogP contribution in [0.3, 0.4) is 0 Å². The largest absolute Gasteiger partial charge is 0.456 e. The Balaban J connectivity index is 1.31. The van der Waals surface area contributed by atoms with E-state index in [1.165, 1.54) is 0 Å². The fourth-order valence-electron chi connectivity index (χ4n) is 10.1. The number of fused-ring (bicyclic) bond motifs is 9. The maximum absolute atomic E-state index is 11.7. The molecule has 0 aliphatic carbocycles. The number of pyridine rings is 2. The van der Waals surface area contributed by atoms with Gasteiger partial charge in [-0.25, -0.2) is 4.85 Å². The van der Waals surface area contributed by atoms with Crippen molar-refractivity contribution < 1.29 is 4.42 Å². The first-order valence-corrected chi connectivity index (χ1v) is 20.1. The minimum absolute atomic E-state index is 0.358. The molecule has 7 heteroatoms. The molecule has 0 aliphatic rings. The molecule has 13 rings (SSSR count). The molecule has 0 saturated carbocycles. The molecule has 8 aromatic carbocycles. The standard InChI is InChI=1S/C54H28N6O/c1-56-52-48(31-14-4-2-5-15-31)39(26-55)53(59-42-22-12-10-20-35(42)37-24-38-36-21-11-13-23-46(36)61-47(38)25-43(37)59)49(32-16-6-3-7-17-32)54(52)60-44-29-57-27-40-33-18-8-9-19-34(33)41-28-58-30-45(60)51(41)50(40)44/h2-25,27-30H. The van der Waals surface area contributed by atoms with Crippen LogP contribution in [0.1, 0.15) is 5.56 Å². The summed E-state index contributed by atoms with van der Waals surface area (Å²) in [7, 11) is 0. The van der Waals surface area contributed by atoms with Gasteiger partial charge in [-0.3, -0.25) is 9.97 Å². The molecule has 61 heavy (non-hydrogen) atoms. The summed E-state index contributed by atoms with van der Waals surface area (Å²) in [6.45, 7) is 9.13. The second-order valence-corrected chi connectivity index (χ2v) is 15.5. The Hall–Kier alpha value is -8.78. The number of para-hydroxylation sites is 2. The van der Waals surface area contributed by atoms with Crippen LogP contribution in [0, 0.1) is 17.9 Å². The SMILES string of the molecule is [C-]#[N+]c1c(-c2ccccc2)c(C#N)c(-n2c3ccccc3c3cc4c(cc32)oc2ccccc24)c(-c2ccccc2)c1-n1c2cncc3c4ccccc4c4cncc1c4c32. The molecule has 0 N–H and O–H groups in total. The predicted octanol–water partition coefficient (Wildman–Crippen LogP) is 14.1. The van der Waals surface area contributed by atoms with E-state index in [0.29, 0.717) is 28.2 Å². The van der Waals surface area contributed by atoms with Gasteiger partial charge in [0.1, 0.15) is 17.2 Å². The smallest absolute Gasteiger partial charge is 0.220 e. The first kappa shape index (κ1) is 33.2. The number of benzene rings is 8. The number of rotatable bonds is 4. The molecule has 0 spiro atoms. The molecule has 280 valence electrons. The number of aromatic nitrogens is 4. The average Bonchev–Trinajstić information content (AvgIpc) is 3.97. The molecule has 0 unspecified atom stereocenters. The first-order chi connectivity index (χ1) is 30.2. The molecule has 0 saturated heterocycles. The van der Waals surface area contributed by atoms with E-state index >= 15 is 0 Å². The van der Waals surface area contributed by atoms with E-state index in [-0.39, 0.29) is 0 Å². The van der Waals surface area contributed by atoms with Crippen molar-refractivity contribution >= 4 is 92.8 Å². The summed E-state index contributed by atoms with van der Waals surface area (Å²) < 4.78 is 10.9. The Bertz CT molecular complexity index is 3980. The van der Waals surface area contributed by atoms with Crippen LogP contribution in [0.5, 0.6) is 0 Å². The van der Waals surface area contributed by atoms with E-state index in [2.05, 4.69) is 92.8 Å². The third-order valence-corrected chi connectivity index (χ3v) is 12.5. The topological polar surface area (TPSA) is 76.9 Å². The Labute approximate surface area is 347 Å². The minimum Gasteiger partial charge on any atom is -0.456 e. The van der Waals surface area contributed by atoms with E-state index < -0.39 is 0 Å². The fraction of sp³-hybridized carbons (Fsp3) is 0. The molecule has 0 aliphatic heterocycles. The van der Waals surface area contributed by atoms with Crippen LogP contribution in [0.15, 0.2) is 175 Å². The normalized spacial score (nSPS) is 11.9. The number of hydrogen-bond acceptors (Lipinski definition) is 4. The van der Waals surface area contributed by atoms with E-state index in [1.54, 1.807) is 0 Å². The summed E-state index contributed by atoms with van der Waals surface area (Å²) >= 11 is 0. The second-order valence-electron chi connectivity index (χ2n) is 15.5. The van der Waals surface area contributed by atoms with Crippen molar-refractivity contribution in [1.82, 2.24) is 19.1 Å². The Kier molecular flexibility index (Phi) is 6.73. The van der Waals surface area contributed by atoms with Crippen molar-refractivity contribution in [2.24, 2.45) is 0 Å². The number of furan rings is 1. The van der Waals surface area contributed by atoms with Crippen LogP contribution in [0.4, 0.5) is 5.69 Å². The van der Waals surface area contributed by atoms with Gasteiger partial charge in [0.2, 0.25) is 5.69 Å². The molecule has 5 aromatic heterocycles. The molecule has 0 amide bonds. The highest BCUT2D eigenvalue weighted by molar-refractivity contribution is 6.34. The number of hydrogen-bond donors (Lipinski definition) is 0. The van der Waals surface area contributed by atoms with Crippen LogP contribution in [-0.4, -0.2) is 19.1 Å². The van der Waals surface area contributed by atoms with Gasteiger partial charge in [-0.05, 0) is 40.1 Å². The Morgan fingerprint density at radius 1 is 0.475 bits per heavy atom. The summed E-state index contributed by atoms with van der Waals surface area (Å²) in [6.07, 6.45) is 7.69. The predicted molar refractivity (Wildman–Crippen MR) is 246 cm³/mol. The van der Waals surface area contributed by atoms with Crippen LogP contribution in [-0.2, 0) is 0 Å². The van der Waals surface area contributed by atoms with Gasteiger partial charge < -0.3 is 13.6 Å². The Morgan fingerprint density at radius 2 is 1.03 bits per heavy atom. The summed E-state index contributed by atoms with van der Waals surface area (Å²) in [5.74, 6) is 0. The summed E-state index contributed by atoms with van der Waals surface area (Å²) in [4.78, 5) is 14.2. The lowest BCUT2D eigenvalue weighted by molar-refractivity contribution is 0.669. The van der Waals surface area contributed by atoms with Gasteiger partial charge in [-0.2, -0.15) is 5.26 Å². The highest BCUT2D eigenvalue weighted by Gasteiger charge is 2.32. The van der Waals surface area contributed by atoms with Gasteiger partial charge in [0.05, 0.1) is 58.0 Å². The zero-order valence-corrected chi connectivity index (χ0v) is 32.3. The van der Waals surface area contributed by atoms with E-state index in [9.17, 15) is 5.26 Å². The lowest BCUT2D eigenvalue weighted by Crippen LogP contribution is -2.08. The molecule has 0 bridgehead atoms. The van der Waals surface area contributed by atoms with Gasteiger partial charge >= 0.3 is 0 Å². The van der Waals surface area contributed by atoms with Gasteiger partial charge in [-0.15, -0.1) is 0 Å². The number of nitriles is 1. The zero-order valence-electron chi connectivity index (χ0n) is 32.3. The fourth-order valence-corrected chi connectivity index (χ4v) is 10.1. The molecule has 0 fully saturated rings. The van der Waals surface area contributed by atoms with Gasteiger partial charge in [0.25, 0.3) is 0 Å². The summed E-state index contributed by atoms with van der Waals surface area (Å²) in [5.41, 5.74) is 10.0. The maximum Gasteiger partial charge on any atom is 0.220 e.